The van der Waals surface area contributed by atoms with Crippen molar-refractivity contribution in [3.05, 3.63) is 33.8 Å². The Hall–Kier alpha value is -2.85. The highest BCUT2D eigenvalue weighted by Crippen LogP contribution is 2.24. The van der Waals surface area contributed by atoms with Gasteiger partial charge in [0, 0.05) is 10.0 Å². The summed E-state index contributed by atoms with van der Waals surface area (Å²) in [5, 5.41) is 23.3. The Morgan fingerprint density at radius 3 is 2.21 bits per heavy atom. The van der Waals surface area contributed by atoms with Crippen LogP contribution in [0, 0.1) is 11.3 Å². The molecular weight excluding hydrogens is 427 g/mol. The van der Waals surface area contributed by atoms with Crippen molar-refractivity contribution in [2.75, 3.05) is 6.61 Å². The molecule has 1 aromatic rings. The lowest BCUT2D eigenvalue weighted by Gasteiger charge is -2.17. The second-order valence-electron chi connectivity index (χ2n) is 6.13. The lowest BCUT2D eigenvalue weighted by molar-refractivity contribution is -0.143. The molecule has 0 fully saturated rings. The normalized spacial score (nSPS) is 11.3. The van der Waals surface area contributed by atoms with Crippen molar-refractivity contribution in [2.45, 2.75) is 26.3 Å². The summed E-state index contributed by atoms with van der Waals surface area (Å²) in [5.41, 5.74) is 0.360. The predicted molar refractivity (Wildman–Crippen MR) is 105 cm³/mol. The Balaban J connectivity index is 2.44. The van der Waals surface area contributed by atoms with E-state index >= 15 is 0 Å². The van der Waals surface area contributed by atoms with Crippen LogP contribution in [0.4, 0.5) is 4.79 Å². The van der Waals surface area contributed by atoms with E-state index in [9.17, 15) is 19.2 Å². The van der Waals surface area contributed by atoms with Gasteiger partial charge >= 0.3 is 12.1 Å². The fraction of sp³-hybridized carbons (Fsp3) is 0.353. The van der Waals surface area contributed by atoms with Crippen LogP contribution in [0.15, 0.2) is 18.2 Å². The first-order chi connectivity index (χ1) is 13.5. The van der Waals surface area contributed by atoms with Gasteiger partial charge < -0.3 is 15.2 Å². The van der Waals surface area contributed by atoms with Crippen LogP contribution in [0.5, 0.6) is 0 Å². The van der Waals surface area contributed by atoms with Gasteiger partial charge in [-0.25, -0.2) is 9.59 Å². The number of halogens is 2. The molecule has 12 heteroatoms. The average Bonchev–Trinajstić information content (AvgIpc) is 2.60. The molecular formula is C17H20Cl2N4O6. The number of hydrogen-bond acceptors (Lipinski definition) is 6. The number of carbonyl (C=O) groups excluding carboxylic acids is 3. The van der Waals surface area contributed by atoms with Gasteiger partial charge in [0.1, 0.15) is 6.04 Å². The maximum absolute atomic E-state index is 11.9. The van der Waals surface area contributed by atoms with Crippen LogP contribution < -0.4 is 16.0 Å². The number of nitrogens with one attached hydrogen (secondary N) is 4. The summed E-state index contributed by atoms with van der Waals surface area (Å²) in [6, 6.07) is 3.58. The summed E-state index contributed by atoms with van der Waals surface area (Å²) < 4.78 is 4.58. The molecule has 0 aliphatic carbocycles. The summed E-state index contributed by atoms with van der Waals surface area (Å²) in [4.78, 5) is 46.2. The predicted octanol–water partition coefficient (Wildman–Crippen LogP) is 1.54. The fourth-order valence-corrected chi connectivity index (χ4v) is 2.61. The zero-order chi connectivity index (χ0) is 22.1. The van der Waals surface area contributed by atoms with Crippen LogP contribution in [0.25, 0.3) is 0 Å². The van der Waals surface area contributed by atoms with Gasteiger partial charge in [-0.2, -0.15) is 0 Å². The van der Waals surface area contributed by atoms with Crippen LogP contribution in [0.3, 0.4) is 0 Å². The molecule has 5 N–H and O–H groups in total. The Labute approximate surface area is 176 Å². The Morgan fingerprint density at radius 2 is 1.69 bits per heavy atom. The van der Waals surface area contributed by atoms with Crippen LogP contribution >= 0.6 is 23.2 Å². The van der Waals surface area contributed by atoms with Crippen molar-refractivity contribution < 1.29 is 29.0 Å². The zero-order valence-corrected chi connectivity index (χ0v) is 17.1. The van der Waals surface area contributed by atoms with Gasteiger partial charge in [0.25, 0.3) is 5.91 Å². The third-order valence-electron chi connectivity index (χ3n) is 3.47. The molecule has 0 aliphatic heterocycles. The third kappa shape index (κ3) is 8.36. The molecule has 0 unspecified atom stereocenters. The van der Waals surface area contributed by atoms with Gasteiger partial charge in [-0.1, -0.05) is 43.1 Å². The molecule has 0 heterocycles. The van der Waals surface area contributed by atoms with Crippen molar-refractivity contribution in [1.29, 1.82) is 5.41 Å². The van der Waals surface area contributed by atoms with E-state index in [0.717, 1.165) is 0 Å². The number of rotatable bonds is 7. The molecule has 0 saturated heterocycles. The molecule has 0 spiro atoms. The highest BCUT2D eigenvalue weighted by molar-refractivity contribution is 6.36. The molecule has 158 valence electrons. The maximum Gasteiger partial charge on any atom is 0.414 e. The quantitative estimate of drug-likeness (QED) is 0.315. The summed E-state index contributed by atoms with van der Waals surface area (Å²) >= 11 is 11.9. The number of ether oxygens (including phenoxy) is 1. The second kappa shape index (κ2) is 11.2. The zero-order valence-electron chi connectivity index (χ0n) is 15.5. The van der Waals surface area contributed by atoms with Gasteiger partial charge in [0.05, 0.1) is 6.42 Å². The smallest absolute Gasteiger partial charge is 0.414 e. The molecule has 0 bridgehead atoms. The van der Waals surface area contributed by atoms with Crippen molar-refractivity contribution in [1.82, 2.24) is 16.0 Å². The maximum atomic E-state index is 11.9. The van der Waals surface area contributed by atoms with Crippen molar-refractivity contribution in [2.24, 2.45) is 5.92 Å². The number of alkyl carbamates (subject to hydrolysis) is 1. The first kappa shape index (κ1) is 24.2. The number of carboxylic acid groups (broad SMARTS) is 1. The van der Waals surface area contributed by atoms with Gasteiger partial charge in [-0.3, -0.25) is 25.6 Å². The lowest BCUT2D eigenvalue weighted by atomic mass is 10.1. The number of carbonyl (C=O) groups is 4. The molecule has 1 aromatic carbocycles. The number of benzene rings is 1. The highest BCUT2D eigenvalue weighted by atomic mass is 35.5. The topological polar surface area (TPSA) is 158 Å². The van der Waals surface area contributed by atoms with E-state index < -0.39 is 42.5 Å². The average molecular weight is 447 g/mol. The number of amides is 3. The SMILES string of the molecule is CC(C)[C@H](NC(=O)COC(=O)NC(=N)NC(=O)Cc1c(Cl)cccc1Cl)C(=O)O. The van der Waals surface area contributed by atoms with E-state index in [1.807, 2.05) is 5.32 Å². The molecule has 0 aliphatic rings. The van der Waals surface area contributed by atoms with Crippen LogP contribution in [0.2, 0.25) is 10.0 Å². The van der Waals surface area contributed by atoms with Crippen LogP contribution in [-0.4, -0.2) is 47.6 Å². The monoisotopic (exact) mass is 446 g/mol. The molecule has 0 aromatic heterocycles. The minimum atomic E-state index is -1.22. The van der Waals surface area contributed by atoms with E-state index in [-0.39, 0.29) is 22.4 Å². The summed E-state index contributed by atoms with van der Waals surface area (Å²) in [7, 11) is 0. The number of aliphatic carboxylic acids is 1. The number of guanidine groups is 1. The minimum absolute atomic E-state index is 0.230. The Morgan fingerprint density at radius 1 is 1.10 bits per heavy atom. The lowest BCUT2D eigenvalue weighted by Crippen LogP contribution is -2.47. The highest BCUT2D eigenvalue weighted by Gasteiger charge is 2.24. The van der Waals surface area contributed by atoms with Gasteiger partial charge in [-0.05, 0) is 23.6 Å². The minimum Gasteiger partial charge on any atom is -0.480 e. The van der Waals surface area contributed by atoms with E-state index in [4.69, 9.17) is 33.7 Å². The fourth-order valence-electron chi connectivity index (χ4n) is 2.07. The van der Waals surface area contributed by atoms with E-state index in [0.29, 0.717) is 5.56 Å². The van der Waals surface area contributed by atoms with Crippen molar-refractivity contribution in [3.8, 4) is 0 Å². The summed E-state index contributed by atoms with van der Waals surface area (Å²) in [5.74, 6) is -3.77. The number of carboxylic acids is 1. The molecule has 10 nitrogen and oxygen atoms in total. The molecule has 1 rings (SSSR count). The van der Waals surface area contributed by atoms with Gasteiger partial charge in [0.2, 0.25) is 11.9 Å². The second-order valence-corrected chi connectivity index (χ2v) is 6.94. The Kier molecular flexibility index (Phi) is 9.36. The Bertz CT molecular complexity index is 795. The van der Waals surface area contributed by atoms with Gasteiger partial charge in [-0.15, -0.1) is 0 Å². The van der Waals surface area contributed by atoms with Crippen molar-refractivity contribution in [3.63, 3.8) is 0 Å². The molecule has 0 saturated carbocycles. The molecule has 1 atom stereocenters. The summed E-state index contributed by atoms with van der Waals surface area (Å²) in [6.07, 6.45) is -1.41. The molecule has 0 radical (unpaired) electrons. The summed E-state index contributed by atoms with van der Waals surface area (Å²) in [6.45, 7) is 2.44. The standard InChI is InChI=1S/C17H20Cl2N4O6/c1-8(2)14(15(26)27)21-13(25)7-29-17(28)23-16(20)22-12(24)6-9-10(18)4-3-5-11(9)19/h3-5,8,14H,6-7H2,1-2H3,(H,21,25)(H,26,27)(H3,20,22,23,24,28)/t14-/m0/s1. The van der Waals surface area contributed by atoms with Crippen LogP contribution in [-0.2, 0) is 25.5 Å². The van der Waals surface area contributed by atoms with Crippen molar-refractivity contribution >= 4 is 53.0 Å². The molecule has 3 amide bonds. The third-order valence-corrected chi connectivity index (χ3v) is 4.18. The van der Waals surface area contributed by atoms with E-state index in [1.54, 1.807) is 32.0 Å². The first-order valence-corrected chi connectivity index (χ1v) is 9.04. The van der Waals surface area contributed by atoms with E-state index in [1.165, 1.54) is 0 Å². The number of hydrogen-bond donors (Lipinski definition) is 5. The first-order valence-electron chi connectivity index (χ1n) is 8.28. The largest absolute Gasteiger partial charge is 0.480 e. The van der Waals surface area contributed by atoms with E-state index in [2.05, 4.69) is 15.4 Å². The molecule has 29 heavy (non-hydrogen) atoms. The van der Waals surface area contributed by atoms with Gasteiger partial charge in [0.15, 0.2) is 6.61 Å². The van der Waals surface area contributed by atoms with Crippen LogP contribution in [0.1, 0.15) is 19.4 Å².